The second kappa shape index (κ2) is 2.46. The van der Waals surface area contributed by atoms with Crippen LogP contribution in [0, 0.1) is 0 Å². The molecule has 1 aromatic heterocycles. The van der Waals surface area contributed by atoms with Crippen LogP contribution in [0.2, 0.25) is 0 Å². The van der Waals surface area contributed by atoms with Gasteiger partial charge in [0.05, 0.1) is 2.74 Å². The van der Waals surface area contributed by atoms with Crippen LogP contribution in [-0.4, -0.2) is 4.98 Å². The minimum Gasteiger partial charge on any atom is -0.261 e. The van der Waals surface area contributed by atoms with Crippen molar-refractivity contribution >= 4 is 0 Å². The van der Waals surface area contributed by atoms with Crippen LogP contribution in [0.4, 0.5) is 0 Å². The first-order valence-corrected chi connectivity index (χ1v) is 2.66. The Morgan fingerprint density at radius 2 is 2.75 bits per heavy atom. The van der Waals surface area contributed by atoms with Crippen molar-refractivity contribution in [2.45, 2.75) is 13.3 Å². The zero-order chi connectivity index (χ0) is 7.56. The summed E-state index contributed by atoms with van der Waals surface area (Å²) in [5.41, 5.74) is 0.701. The molecule has 1 heterocycles. The zero-order valence-electron chi connectivity index (χ0n) is 6.81. The molecule has 0 aliphatic heterocycles. The molecule has 0 unspecified atom stereocenters. The maximum Gasteiger partial charge on any atom is 0.0642 e. The molecule has 0 aromatic carbocycles. The van der Waals surface area contributed by atoms with E-state index in [4.69, 9.17) is 2.74 Å². The lowest BCUT2D eigenvalue weighted by Crippen LogP contribution is -1.81. The lowest BCUT2D eigenvalue weighted by molar-refractivity contribution is 1.04. The molecule has 1 heteroatoms. The maximum absolute atomic E-state index is 7.35. The van der Waals surface area contributed by atoms with Crippen LogP contribution < -0.4 is 0 Å². The molecule has 0 saturated carbocycles. The summed E-state index contributed by atoms with van der Waals surface area (Å²) in [6, 6.07) is 2.04. The third kappa shape index (κ3) is 1.06. The number of rotatable bonds is 1. The number of aromatic nitrogens is 1. The van der Waals surface area contributed by atoms with Gasteiger partial charge in [0.2, 0.25) is 0 Å². The molecule has 0 atom stereocenters. The molecule has 0 fully saturated rings. The van der Waals surface area contributed by atoms with Gasteiger partial charge in [0.15, 0.2) is 0 Å². The molecule has 0 radical (unpaired) electrons. The van der Waals surface area contributed by atoms with Gasteiger partial charge in [-0.1, -0.05) is 13.0 Å². The lowest BCUT2D eigenvalue weighted by atomic mass is 10.3. The smallest absolute Gasteiger partial charge is 0.0642 e. The van der Waals surface area contributed by atoms with Crippen LogP contribution in [0.25, 0.3) is 0 Å². The molecule has 1 rings (SSSR count). The van der Waals surface area contributed by atoms with Crippen LogP contribution in [0.1, 0.15) is 15.4 Å². The Bertz CT molecular complexity index is 235. The largest absolute Gasteiger partial charge is 0.261 e. The van der Waals surface area contributed by atoms with Gasteiger partial charge in [0.1, 0.15) is 0 Å². The summed E-state index contributed by atoms with van der Waals surface area (Å²) in [5.74, 6) is 0. The summed E-state index contributed by atoms with van der Waals surface area (Å²) in [7, 11) is 0. The minimum absolute atomic E-state index is 0.255. The van der Waals surface area contributed by atoms with Crippen LogP contribution in [0.5, 0.6) is 0 Å². The predicted molar refractivity (Wildman–Crippen MR) is 33.6 cm³/mol. The predicted octanol–water partition coefficient (Wildman–Crippen LogP) is 1.64. The highest BCUT2D eigenvalue weighted by Crippen LogP contribution is 1.91. The van der Waals surface area contributed by atoms with Crippen LogP contribution in [-0.2, 0) is 6.42 Å². The molecule has 0 N–H and O–H groups in total. The molecule has 42 valence electrons. The number of hydrogen-bond acceptors (Lipinski definition) is 1. The highest BCUT2D eigenvalue weighted by atomic mass is 14.6. The molecule has 0 amide bonds. The second-order valence-electron chi connectivity index (χ2n) is 1.51. The van der Waals surface area contributed by atoms with E-state index in [9.17, 15) is 0 Å². The first kappa shape index (κ1) is 3.23. The highest BCUT2D eigenvalue weighted by Gasteiger charge is 1.81. The van der Waals surface area contributed by atoms with Crippen molar-refractivity contribution in [1.82, 2.24) is 4.98 Å². The van der Waals surface area contributed by atoms with Crippen LogP contribution in [0.15, 0.2) is 24.3 Å². The van der Waals surface area contributed by atoms with Gasteiger partial charge in [-0.3, -0.25) is 4.98 Å². The lowest BCUT2D eigenvalue weighted by Gasteiger charge is -1.88. The average Bonchev–Trinajstić information content (AvgIpc) is 1.95. The summed E-state index contributed by atoms with van der Waals surface area (Å²) < 4.78 is 14.6. The molecule has 1 nitrogen and oxygen atoms in total. The van der Waals surface area contributed by atoms with Gasteiger partial charge >= 0.3 is 0 Å². The number of nitrogens with zero attached hydrogens (tertiary/aromatic N) is 1. The third-order valence-corrected chi connectivity index (χ3v) is 0.940. The molecule has 0 bridgehead atoms. The van der Waals surface area contributed by atoms with E-state index >= 15 is 0 Å². The summed E-state index contributed by atoms with van der Waals surface area (Å²) in [6.07, 6.45) is 2.30. The maximum atomic E-state index is 7.35. The Labute approximate surface area is 52.2 Å². The van der Waals surface area contributed by atoms with Gasteiger partial charge in [0.25, 0.3) is 0 Å². The van der Waals surface area contributed by atoms with Crippen molar-refractivity contribution in [3.8, 4) is 0 Å². The molecule has 0 spiro atoms. The van der Waals surface area contributed by atoms with Gasteiger partial charge in [0, 0.05) is 11.9 Å². The van der Waals surface area contributed by atoms with E-state index in [1.165, 1.54) is 6.07 Å². The van der Waals surface area contributed by atoms with Crippen LogP contribution >= 0.6 is 0 Å². The highest BCUT2D eigenvalue weighted by molar-refractivity contribution is 5.02. The van der Waals surface area contributed by atoms with E-state index in [-0.39, 0.29) is 12.1 Å². The first-order chi connectivity index (χ1) is 4.75. The topological polar surface area (TPSA) is 12.9 Å². The molecule has 1 aromatic rings. The summed E-state index contributed by atoms with van der Waals surface area (Å²) in [4.78, 5) is 3.95. The zero-order valence-corrected chi connectivity index (χ0v) is 4.81. The average molecular weight is 109 g/mol. The Morgan fingerprint density at radius 3 is 3.38 bits per heavy atom. The quantitative estimate of drug-likeness (QED) is 0.534. The van der Waals surface area contributed by atoms with Gasteiger partial charge in [-0.15, -0.1) is 0 Å². The Kier molecular flexibility index (Phi) is 0.992. The molecular weight excluding hydrogens is 98.1 g/mol. The van der Waals surface area contributed by atoms with E-state index in [1.54, 1.807) is 6.20 Å². The van der Waals surface area contributed by atoms with E-state index in [0.717, 1.165) is 6.42 Å². The summed E-state index contributed by atoms with van der Waals surface area (Å²) >= 11 is 0. The fraction of sp³-hybridized carbons (Fsp3) is 0.286. The Morgan fingerprint density at radius 1 is 1.88 bits per heavy atom. The Balaban J connectivity index is 3.14. The van der Waals surface area contributed by atoms with Crippen molar-refractivity contribution in [1.29, 1.82) is 0 Å². The normalized spacial score (nSPS) is 12.6. The number of hydrogen-bond donors (Lipinski definition) is 0. The van der Waals surface area contributed by atoms with Crippen molar-refractivity contribution in [3.05, 3.63) is 30.0 Å². The SMILES string of the molecule is [2H]c1ccnc(CC)c1[2H]. The van der Waals surface area contributed by atoms with E-state index in [2.05, 4.69) is 4.98 Å². The van der Waals surface area contributed by atoms with E-state index in [0.29, 0.717) is 5.69 Å². The third-order valence-electron chi connectivity index (χ3n) is 0.940. The van der Waals surface area contributed by atoms with E-state index < -0.39 is 0 Å². The van der Waals surface area contributed by atoms with Crippen molar-refractivity contribution < 1.29 is 2.74 Å². The number of pyridine rings is 1. The fourth-order valence-electron chi connectivity index (χ4n) is 0.501. The fourth-order valence-corrected chi connectivity index (χ4v) is 0.501. The van der Waals surface area contributed by atoms with E-state index in [1.807, 2.05) is 6.92 Å². The molecule has 8 heavy (non-hydrogen) atoms. The molecular formula is C7H9N. The Hall–Kier alpha value is -0.850. The van der Waals surface area contributed by atoms with Gasteiger partial charge in [-0.25, -0.2) is 0 Å². The van der Waals surface area contributed by atoms with Gasteiger partial charge in [-0.05, 0) is 18.5 Å². The van der Waals surface area contributed by atoms with Crippen molar-refractivity contribution in [3.63, 3.8) is 0 Å². The summed E-state index contributed by atoms with van der Waals surface area (Å²) in [5, 5.41) is 0. The van der Waals surface area contributed by atoms with Crippen molar-refractivity contribution in [2.24, 2.45) is 0 Å². The molecule has 0 aliphatic carbocycles. The number of aryl methyl sites for hydroxylation is 1. The van der Waals surface area contributed by atoms with Gasteiger partial charge < -0.3 is 0 Å². The molecule has 0 saturated heterocycles. The van der Waals surface area contributed by atoms with Crippen LogP contribution in [0.3, 0.4) is 0 Å². The standard InChI is InChI=1S/C7H9N/c1-2-7-5-3-4-6-8-7/h3-6H,2H2,1H3/i3D,5D. The van der Waals surface area contributed by atoms with Crippen molar-refractivity contribution in [2.75, 3.05) is 0 Å². The first-order valence-electron chi connectivity index (χ1n) is 3.66. The summed E-state index contributed by atoms with van der Waals surface area (Å²) in [6.45, 7) is 1.93. The second-order valence-corrected chi connectivity index (χ2v) is 1.51. The van der Waals surface area contributed by atoms with Gasteiger partial charge in [-0.2, -0.15) is 0 Å². The minimum atomic E-state index is 0.255. The monoisotopic (exact) mass is 109 g/mol. The molecule has 0 aliphatic rings.